The van der Waals surface area contributed by atoms with Gasteiger partial charge >= 0.3 is 0 Å². The SMILES string of the molecule is Cc1ccc(C(=O)Nc2cccc(/C=c3/s/c(=C(/C#N)C(=O)Nc4ccccc4F)n(-c4ccccc4C)c3=O)c2)cc1. The topological polar surface area (TPSA) is 104 Å². The summed E-state index contributed by atoms with van der Waals surface area (Å²) < 4.78 is 15.9. The highest BCUT2D eigenvalue weighted by Crippen LogP contribution is 2.16. The van der Waals surface area contributed by atoms with Crippen molar-refractivity contribution in [2.45, 2.75) is 13.8 Å². The number of halogens is 1. The number of carbonyl (C=O) groups excluding carboxylic acids is 2. The van der Waals surface area contributed by atoms with Crippen molar-refractivity contribution >= 4 is 46.2 Å². The Balaban J connectivity index is 1.62. The molecule has 5 rings (SSSR count). The van der Waals surface area contributed by atoms with Crippen LogP contribution in [0.1, 0.15) is 27.0 Å². The Hall–Kier alpha value is -5.59. The molecule has 2 N–H and O–H groups in total. The molecular weight excluding hydrogens is 563 g/mol. The normalized spacial score (nSPS) is 11.9. The molecule has 0 radical (unpaired) electrons. The minimum absolute atomic E-state index is 0.0853. The number of benzene rings is 4. The summed E-state index contributed by atoms with van der Waals surface area (Å²) in [4.78, 5) is 39.8. The number of hydrogen-bond acceptors (Lipinski definition) is 5. The van der Waals surface area contributed by atoms with E-state index >= 15 is 0 Å². The first-order chi connectivity index (χ1) is 20.7. The van der Waals surface area contributed by atoms with Crippen molar-refractivity contribution in [3.8, 4) is 11.8 Å². The smallest absolute Gasteiger partial charge is 0.273 e. The van der Waals surface area contributed by atoms with Crippen molar-refractivity contribution in [3.05, 3.63) is 145 Å². The Labute approximate surface area is 250 Å². The summed E-state index contributed by atoms with van der Waals surface area (Å²) in [7, 11) is 0. The van der Waals surface area contributed by atoms with Crippen molar-refractivity contribution in [3.63, 3.8) is 0 Å². The van der Waals surface area contributed by atoms with Gasteiger partial charge in [-0.25, -0.2) is 4.39 Å². The largest absolute Gasteiger partial charge is 0.322 e. The van der Waals surface area contributed by atoms with E-state index in [-0.39, 0.29) is 26.4 Å². The van der Waals surface area contributed by atoms with Gasteiger partial charge in [0.15, 0.2) is 5.57 Å². The number of aryl methyl sites for hydroxylation is 2. The Morgan fingerprint density at radius 2 is 1.63 bits per heavy atom. The van der Waals surface area contributed by atoms with Crippen LogP contribution < -0.4 is 25.4 Å². The number of anilines is 2. The molecule has 0 atom stereocenters. The fraction of sp³-hybridized carbons (Fsp3) is 0.0588. The second kappa shape index (κ2) is 12.5. The summed E-state index contributed by atoms with van der Waals surface area (Å²) in [6.07, 6.45) is 1.64. The molecule has 1 aromatic heterocycles. The molecule has 0 unspecified atom stereocenters. The van der Waals surface area contributed by atoms with Gasteiger partial charge in [-0.05, 0) is 73.5 Å². The van der Waals surface area contributed by atoms with Crippen LogP contribution in [0.2, 0.25) is 0 Å². The number of amides is 2. The predicted molar refractivity (Wildman–Crippen MR) is 167 cm³/mol. The van der Waals surface area contributed by atoms with Gasteiger partial charge in [0, 0.05) is 11.3 Å². The van der Waals surface area contributed by atoms with Gasteiger partial charge in [-0.2, -0.15) is 5.26 Å². The van der Waals surface area contributed by atoms with Crippen LogP contribution in [-0.2, 0) is 4.79 Å². The van der Waals surface area contributed by atoms with Gasteiger partial charge in [0.1, 0.15) is 16.5 Å². The third-order valence-electron chi connectivity index (χ3n) is 6.61. The highest BCUT2D eigenvalue weighted by molar-refractivity contribution is 7.07. The molecule has 212 valence electrons. The molecule has 0 aliphatic rings. The standard InChI is InChI=1S/C34H25FN4O3S/c1-21-14-16-24(17-15-21)31(40)37-25-10-7-9-23(18-25)19-30-33(42)39(29-13-6-3-8-22(29)2)34(43-30)26(20-36)32(41)38-28-12-5-4-11-27(28)35/h3-19H,1-2H3,(H,37,40)(H,38,41)/b30-19+,34-26-. The van der Waals surface area contributed by atoms with Gasteiger partial charge in [0.05, 0.1) is 15.9 Å². The molecule has 0 saturated carbocycles. The van der Waals surface area contributed by atoms with Gasteiger partial charge in [-0.1, -0.05) is 60.2 Å². The minimum atomic E-state index is -0.844. The van der Waals surface area contributed by atoms with Crippen molar-refractivity contribution in [2.75, 3.05) is 10.6 Å². The summed E-state index contributed by atoms with van der Waals surface area (Å²) in [5.41, 5.74) is 3.10. The zero-order chi connectivity index (χ0) is 30.5. The predicted octanol–water partition coefficient (Wildman–Crippen LogP) is 5.05. The molecule has 0 fully saturated rings. The van der Waals surface area contributed by atoms with E-state index in [0.717, 1.165) is 22.5 Å². The number of rotatable bonds is 6. The molecule has 9 heteroatoms. The van der Waals surface area contributed by atoms with Crippen LogP contribution in [0.15, 0.2) is 102 Å². The molecule has 0 saturated heterocycles. The third kappa shape index (κ3) is 6.35. The zero-order valence-electron chi connectivity index (χ0n) is 23.2. The molecule has 5 aromatic rings. The highest BCUT2D eigenvalue weighted by Gasteiger charge is 2.19. The van der Waals surface area contributed by atoms with Crippen LogP contribution in [-0.4, -0.2) is 16.4 Å². The number of carbonyl (C=O) groups is 2. The van der Waals surface area contributed by atoms with Crippen LogP contribution in [0, 0.1) is 31.0 Å². The number of nitriles is 1. The van der Waals surface area contributed by atoms with Crippen molar-refractivity contribution < 1.29 is 14.0 Å². The number of aromatic nitrogens is 1. The second-order valence-electron chi connectivity index (χ2n) is 9.71. The van der Waals surface area contributed by atoms with E-state index < -0.39 is 17.3 Å². The first-order valence-electron chi connectivity index (χ1n) is 13.2. The van der Waals surface area contributed by atoms with E-state index in [0.29, 0.717) is 22.5 Å². The van der Waals surface area contributed by atoms with Crippen LogP contribution in [0.25, 0.3) is 17.3 Å². The summed E-state index contributed by atoms with van der Waals surface area (Å²) in [6.45, 7) is 3.76. The first kappa shape index (κ1) is 28.9. The molecular formula is C34H25FN4O3S. The molecule has 2 amide bonds. The van der Waals surface area contributed by atoms with E-state index in [1.54, 1.807) is 60.7 Å². The van der Waals surface area contributed by atoms with Gasteiger partial charge in [0.2, 0.25) is 0 Å². The second-order valence-corrected chi connectivity index (χ2v) is 10.7. The highest BCUT2D eigenvalue weighted by atomic mass is 32.1. The van der Waals surface area contributed by atoms with Crippen LogP contribution in [0.5, 0.6) is 0 Å². The molecule has 0 spiro atoms. The van der Waals surface area contributed by atoms with Crippen molar-refractivity contribution in [1.29, 1.82) is 5.26 Å². The zero-order valence-corrected chi connectivity index (χ0v) is 24.0. The van der Waals surface area contributed by atoms with E-state index in [4.69, 9.17) is 0 Å². The number of nitrogens with zero attached hydrogens (tertiary/aromatic N) is 2. The average molecular weight is 589 g/mol. The van der Waals surface area contributed by atoms with Gasteiger partial charge in [0.25, 0.3) is 17.4 Å². The van der Waals surface area contributed by atoms with Crippen LogP contribution in [0.3, 0.4) is 0 Å². The molecule has 0 aliphatic heterocycles. The van der Waals surface area contributed by atoms with E-state index in [9.17, 15) is 24.0 Å². The lowest BCUT2D eigenvalue weighted by Gasteiger charge is -2.08. The number of thiazole rings is 1. The molecule has 0 aliphatic carbocycles. The van der Waals surface area contributed by atoms with Gasteiger partial charge < -0.3 is 10.6 Å². The fourth-order valence-electron chi connectivity index (χ4n) is 4.39. The number of para-hydroxylation sites is 2. The lowest BCUT2D eigenvalue weighted by atomic mass is 10.1. The van der Waals surface area contributed by atoms with Gasteiger partial charge in [-0.15, -0.1) is 11.3 Å². The molecule has 43 heavy (non-hydrogen) atoms. The van der Waals surface area contributed by atoms with Crippen LogP contribution in [0.4, 0.5) is 15.8 Å². The lowest BCUT2D eigenvalue weighted by Crippen LogP contribution is -2.32. The van der Waals surface area contributed by atoms with Gasteiger partial charge in [-0.3, -0.25) is 19.0 Å². The van der Waals surface area contributed by atoms with Crippen molar-refractivity contribution in [2.24, 2.45) is 0 Å². The Morgan fingerprint density at radius 3 is 2.35 bits per heavy atom. The van der Waals surface area contributed by atoms with E-state index in [1.165, 1.54) is 22.8 Å². The maximum absolute atomic E-state index is 14.3. The van der Waals surface area contributed by atoms with Crippen molar-refractivity contribution in [1.82, 2.24) is 4.57 Å². The maximum Gasteiger partial charge on any atom is 0.273 e. The first-order valence-corrected chi connectivity index (χ1v) is 14.0. The minimum Gasteiger partial charge on any atom is -0.322 e. The Bertz CT molecular complexity index is 2090. The summed E-state index contributed by atoms with van der Waals surface area (Å²) in [5, 5.41) is 15.4. The molecule has 7 nitrogen and oxygen atoms in total. The lowest BCUT2D eigenvalue weighted by molar-refractivity contribution is -0.111. The molecule has 0 bridgehead atoms. The van der Waals surface area contributed by atoms with Crippen LogP contribution >= 0.6 is 11.3 Å². The summed E-state index contributed by atoms with van der Waals surface area (Å²) in [6, 6.07) is 28.8. The summed E-state index contributed by atoms with van der Waals surface area (Å²) in [5.74, 6) is -1.77. The maximum atomic E-state index is 14.3. The average Bonchev–Trinajstić information content (AvgIpc) is 3.30. The quantitative estimate of drug-likeness (QED) is 0.290. The third-order valence-corrected chi connectivity index (χ3v) is 7.70. The summed E-state index contributed by atoms with van der Waals surface area (Å²) >= 11 is 0.972. The Morgan fingerprint density at radius 1 is 0.907 bits per heavy atom. The fourth-order valence-corrected chi connectivity index (χ4v) is 5.49. The van der Waals surface area contributed by atoms with E-state index in [1.807, 2.05) is 44.2 Å². The van der Waals surface area contributed by atoms with E-state index in [2.05, 4.69) is 10.6 Å². The molecule has 1 heterocycles. The Kier molecular flexibility index (Phi) is 8.41. The monoisotopic (exact) mass is 588 g/mol. The molecule has 4 aromatic carbocycles. The number of nitrogens with one attached hydrogen (secondary N) is 2. The number of hydrogen-bond donors (Lipinski definition) is 2.